The maximum Gasteiger partial charge on any atom is 0.267 e. The van der Waals surface area contributed by atoms with Gasteiger partial charge in [0.2, 0.25) is 5.89 Å². The van der Waals surface area contributed by atoms with Crippen LogP contribution in [0.25, 0.3) is 22.6 Å². The van der Waals surface area contributed by atoms with Gasteiger partial charge in [0.1, 0.15) is 11.3 Å². The van der Waals surface area contributed by atoms with E-state index in [0.717, 1.165) is 5.52 Å². The maximum atomic E-state index is 12.9. The Balaban J connectivity index is 1.59. The van der Waals surface area contributed by atoms with E-state index in [-0.39, 0.29) is 5.91 Å². The first-order valence-electron chi connectivity index (χ1n) is 10.5. The molecule has 1 heterocycles. The highest BCUT2D eigenvalue weighted by atomic mass is 35.5. The van der Waals surface area contributed by atoms with Gasteiger partial charge in [0.05, 0.1) is 10.6 Å². The Bertz CT molecular complexity index is 1260. The van der Waals surface area contributed by atoms with Gasteiger partial charge in [-0.05, 0) is 67.8 Å². The van der Waals surface area contributed by atoms with Gasteiger partial charge in [0.25, 0.3) is 5.91 Å². The Morgan fingerprint density at radius 2 is 1.81 bits per heavy atom. The Morgan fingerprint density at radius 1 is 1.06 bits per heavy atom. The van der Waals surface area contributed by atoms with Crippen LogP contribution in [0.15, 0.2) is 71.1 Å². The molecule has 0 aliphatic heterocycles. The zero-order valence-electron chi connectivity index (χ0n) is 18.5. The number of hydrogen-bond donors (Lipinski definition) is 1. The second-order valence-electron chi connectivity index (χ2n) is 8.48. The van der Waals surface area contributed by atoms with E-state index in [9.17, 15) is 4.79 Å². The third kappa shape index (κ3) is 4.63. The summed E-state index contributed by atoms with van der Waals surface area (Å²) in [4.78, 5) is 17.5. The predicted molar refractivity (Wildman–Crippen MR) is 128 cm³/mol. The second-order valence-corrected chi connectivity index (χ2v) is 8.88. The monoisotopic (exact) mass is 448 g/mol. The number of aromatic nitrogens is 1. The minimum atomic E-state index is -1.08. The van der Waals surface area contributed by atoms with Crippen LogP contribution in [-0.2, 0) is 4.79 Å². The first kappa shape index (κ1) is 21.9. The number of hydrogen-bond acceptors (Lipinski definition) is 4. The molecule has 1 N–H and O–H groups in total. The first-order chi connectivity index (χ1) is 15.2. The molecule has 0 bridgehead atoms. The fraction of sp³-hybridized carbons (Fsp3) is 0.231. The molecule has 0 fully saturated rings. The van der Waals surface area contributed by atoms with Crippen LogP contribution in [0.3, 0.4) is 0 Å². The minimum absolute atomic E-state index is 0.284. The third-order valence-electron chi connectivity index (χ3n) is 5.20. The highest BCUT2D eigenvalue weighted by molar-refractivity contribution is 6.33. The van der Waals surface area contributed by atoms with E-state index in [1.807, 2.05) is 48.5 Å². The van der Waals surface area contributed by atoms with Crippen LogP contribution >= 0.6 is 11.6 Å². The number of ether oxygens (including phenoxy) is 1. The molecule has 5 nitrogen and oxygen atoms in total. The molecule has 164 valence electrons. The van der Waals surface area contributed by atoms with E-state index in [1.165, 1.54) is 5.56 Å². The molecular formula is C26H25ClN2O3. The number of rotatable bonds is 6. The van der Waals surface area contributed by atoms with E-state index in [2.05, 4.69) is 24.1 Å². The smallest absolute Gasteiger partial charge is 0.267 e. The van der Waals surface area contributed by atoms with Gasteiger partial charge < -0.3 is 14.5 Å². The zero-order valence-corrected chi connectivity index (χ0v) is 19.2. The van der Waals surface area contributed by atoms with E-state index in [1.54, 1.807) is 32.0 Å². The molecule has 6 heteroatoms. The summed E-state index contributed by atoms with van der Waals surface area (Å²) in [5.74, 6) is 1.13. The molecule has 0 spiro atoms. The van der Waals surface area contributed by atoms with Crippen molar-refractivity contribution in [2.24, 2.45) is 0 Å². The Labute approximate surface area is 192 Å². The summed E-state index contributed by atoms with van der Waals surface area (Å²) in [7, 11) is 0. The van der Waals surface area contributed by atoms with Gasteiger partial charge in [-0.15, -0.1) is 0 Å². The van der Waals surface area contributed by atoms with Crippen LogP contribution in [0, 0.1) is 0 Å². The molecule has 0 aliphatic rings. The number of para-hydroxylation sites is 1. The number of benzene rings is 3. The van der Waals surface area contributed by atoms with Crippen molar-refractivity contribution < 1.29 is 13.9 Å². The van der Waals surface area contributed by atoms with Crippen molar-refractivity contribution >= 4 is 34.3 Å². The molecule has 4 rings (SSSR count). The first-order valence-corrected chi connectivity index (χ1v) is 10.9. The lowest BCUT2D eigenvalue weighted by Crippen LogP contribution is -2.42. The van der Waals surface area contributed by atoms with Gasteiger partial charge in [-0.3, -0.25) is 4.79 Å². The molecular weight excluding hydrogens is 424 g/mol. The van der Waals surface area contributed by atoms with Gasteiger partial charge in [0, 0.05) is 5.69 Å². The molecule has 1 amide bonds. The number of carbonyl (C=O) groups excluding carboxylic acids is 1. The molecule has 0 unspecified atom stereocenters. The van der Waals surface area contributed by atoms with Crippen LogP contribution in [0.1, 0.15) is 39.2 Å². The van der Waals surface area contributed by atoms with Gasteiger partial charge in [-0.1, -0.05) is 49.7 Å². The van der Waals surface area contributed by atoms with Gasteiger partial charge in [-0.2, -0.15) is 0 Å². The van der Waals surface area contributed by atoms with Crippen LogP contribution < -0.4 is 10.1 Å². The van der Waals surface area contributed by atoms with Crippen LogP contribution in [-0.4, -0.2) is 16.5 Å². The molecule has 0 saturated carbocycles. The molecule has 3 aromatic carbocycles. The van der Waals surface area contributed by atoms with E-state index in [4.69, 9.17) is 20.8 Å². The normalized spacial score (nSPS) is 11.7. The largest absolute Gasteiger partial charge is 0.478 e. The summed E-state index contributed by atoms with van der Waals surface area (Å²) < 4.78 is 11.8. The summed E-state index contributed by atoms with van der Waals surface area (Å²) in [5, 5.41) is 3.39. The average Bonchev–Trinajstić information content (AvgIpc) is 3.18. The molecule has 0 aliphatic carbocycles. The highest BCUT2D eigenvalue weighted by Gasteiger charge is 2.30. The van der Waals surface area contributed by atoms with Gasteiger partial charge >= 0.3 is 0 Å². The second kappa shape index (κ2) is 8.67. The van der Waals surface area contributed by atoms with Gasteiger partial charge in [0.15, 0.2) is 11.2 Å². The quantitative estimate of drug-likeness (QED) is 0.342. The lowest BCUT2D eigenvalue weighted by molar-refractivity contribution is -0.128. The topological polar surface area (TPSA) is 64.4 Å². The predicted octanol–water partition coefficient (Wildman–Crippen LogP) is 7.07. The Hall–Kier alpha value is -3.31. The molecule has 0 atom stereocenters. The fourth-order valence-corrected chi connectivity index (χ4v) is 3.50. The van der Waals surface area contributed by atoms with Crippen molar-refractivity contribution in [2.75, 3.05) is 5.32 Å². The summed E-state index contributed by atoms with van der Waals surface area (Å²) >= 11 is 6.44. The molecule has 1 aromatic heterocycles. The Kier molecular flexibility index (Phi) is 5.94. The number of halogens is 1. The Morgan fingerprint density at radius 3 is 2.53 bits per heavy atom. The summed E-state index contributed by atoms with van der Waals surface area (Å²) in [6.45, 7) is 7.71. The summed E-state index contributed by atoms with van der Waals surface area (Å²) in [6, 6.07) is 20.4. The van der Waals surface area contributed by atoms with E-state index in [0.29, 0.717) is 39.4 Å². The van der Waals surface area contributed by atoms with Crippen LogP contribution in [0.2, 0.25) is 5.02 Å². The van der Waals surface area contributed by atoms with Crippen molar-refractivity contribution in [1.29, 1.82) is 0 Å². The number of anilines is 1. The van der Waals surface area contributed by atoms with Crippen molar-refractivity contribution in [2.45, 2.75) is 39.2 Å². The fourth-order valence-electron chi connectivity index (χ4n) is 3.30. The highest BCUT2D eigenvalue weighted by Crippen LogP contribution is 2.33. The van der Waals surface area contributed by atoms with Crippen molar-refractivity contribution in [3.8, 4) is 17.2 Å². The minimum Gasteiger partial charge on any atom is -0.478 e. The SMILES string of the molecule is CC(C)c1ccc2oc(-c3cc(NC(=O)C(C)(C)Oc4ccccc4)ccc3Cl)nc2c1. The van der Waals surface area contributed by atoms with Crippen LogP contribution in [0.4, 0.5) is 5.69 Å². The number of oxazole rings is 1. The number of nitrogens with one attached hydrogen (secondary N) is 1. The number of fused-ring (bicyclic) bond motifs is 1. The van der Waals surface area contributed by atoms with E-state index < -0.39 is 5.60 Å². The summed E-state index contributed by atoms with van der Waals surface area (Å²) in [5.41, 5.74) is 2.75. The van der Waals surface area contributed by atoms with E-state index >= 15 is 0 Å². The lowest BCUT2D eigenvalue weighted by Gasteiger charge is -2.25. The van der Waals surface area contributed by atoms with Crippen molar-refractivity contribution in [3.05, 3.63) is 77.3 Å². The molecule has 0 radical (unpaired) electrons. The third-order valence-corrected chi connectivity index (χ3v) is 5.53. The standard InChI is InChI=1S/C26H25ClN2O3/c1-16(2)17-10-13-23-22(14-17)29-24(31-23)20-15-18(11-12-21(20)27)28-25(30)26(3,4)32-19-8-6-5-7-9-19/h5-16H,1-4H3,(H,28,30). The van der Waals surface area contributed by atoms with Crippen molar-refractivity contribution in [3.63, 3.8) is 0 Å². The zero-order chi connectivity index (χ0) is 22.9. The number of carbonyl (C=O) groups is 1. The van der Waals surface area contributed by atoms with Crippen LogP contribution in [0.5, 0.6) is 5.75 Å². The number of nitrogens with zero attached hydrogens (tertiary/aromatic N) is 1. The molecule has 0 saturated heterocycles. The van der Waals surface area contributed by atoms with Crippen molar-refractivity contribution in [1.82, 2.24) is 4.98 Å². The molecule has 32 heavy (non-hydrogen) atoms. The lowest BCUT2D eigenvalue weighted by atomic mass is 10.0. The summed E-state index contributed by atoms with van der Waals surface area (Å²) in [6.07, 6.45) is 0. The maximum absolute atomic E-state index is 12.9. The molecule has 4 aromatic rings. The van der Waals surface area contributed by atoms with Gasteiger partial charge in [-0.25, -0.2) is 4.98 Å². The average molecular weight is 449 g/mol. The number of amides is 1.